The van der Waals surface area contributed by atoms with Crippen LogP contribution in [0.25, 0.3) is 0 Å². The van der Waals surface area contributed by atoms with E-state index in [0.29, 0.717) is 31.2 Å². The van der Waals surface area contributed by atoms with E-state index in [9.17, 15) is 9.59 Å². The van der Waals surface area contributed by atoms with E-state index in [0.717, 1.165) is 25.9 Å². The molecule has 2 amide bonds. The molecule has 2 aliphatic rings. The molecule has 0 aliphatic carbocycles. The van der Waals surface area contributed by atoms with Crippen LogP contribution in [0.4, 0.5) is 4.79 Å². The van der Waals surface area contributed by atoms with Crippen molar-refractivity contribution in [3.63, 3.8) is 0 Å². The SMILES string of the molecule is CC(C)C1CCN(C(=O)NCC2CCC(C(=O)O)O2)CC1. The molecule has 2 unspecified atom stereocenters. The number of carboxylic acid groups (broad SMARTS) is 1. The minimum Gasteiger partial charge on any atom is -0.479 e. The number of urea groups is 1. The highest BCUT2D eigenvalue weighted by Crippen LogP contribution is 2.24. The van der Waals surface area contributed by atoms with Gasteiger partial charge in [-0.05, 0) is 37.5 Å². The zero-order valence-corrected chi connectivity index (χ0v) is 12.9. The van der Waals surface area contributed by atoms with Crippen molar-refractivity contribution >= 4 is 12.0 Å². The maximum Gasteiger partial charge on any atom is 0.332 e. The Labute approximate surface area is 125 Å². The summed E-state index contributed by atoms with van der Waals surface area (Å²) >= 11 is 0. The number of ether oxygens (including phenoxy) is 1. The van der Waals surface area contributed by atoms with Crippen molar-refractivity contribution in [1.82, 2.24) is 10.2 Å². The van der Waals surface area contributed by atoms with Gasteiger partial charge in [-0.15, -0.1) is 0 Å². The summed E-state index contributed by atoms with van der Waals surface area (Å²) in [5, 5.41) is 11.7. The molecule has 21 heavy (non-hydrogen) atoms. The Morgan fingerprint density at radius 3 is 2.43 bits per heavy atom. The van der Waals surface area contributed by atoms with Gasteiger partial charge < -0.3 is 20.1 Å². The van der Waals surface area contributed by atoms with Crippen molar-refractivity contribution < 1.29 is 19.4 Å². The van der Waals surface area contributed by atoms with Gasteiger partial charge in [-0.1, -0.05) is 13.8 Å². The zero-order valence-electron chi connectivity index (χ0n) is 12.9. The number of carbonyl (C=O) groups excluding carboxylic acids is 1. The Bertz CT molecular complexity index is 378. The van der Waals surface area contributed by atoms with Gasteiger partial charge in [0.2, 0.25) is 0 Å². The van der Waals surface area contributed by atoms with Gasteiger partial charge in [0.15, 0.2) is 6.10 Å². The number of aliphatic carboxylic acids is 1. The van der Waals surface area contributed by atoms with Crippen LogP contribution in [0.2, 0.25) is 0 Å². The normalized spacial score (nSPS) is 27.1. The summed E-state index contributed by atoms with van der Waals surface area (Å²) in [4.78, 5) is 24.7. The number of nitrogens with one attached hydrogen (secondary N) is 1. The van der Waals surface area contributed by atoms with Gasteiger partial charge in [0, 0.05) is 19.6 Å². The summed E-state index contributed by atoms with van der Waals surface area (Å²) in [5.41, 5.74) is 0. The molecule has 0 aromatic carbocycles. The molecular weight excluding hydrogens is 272 g/mol. The molecule has 0 bridgehead atoms. The fraction of sp³-hybridized carbons (Fsp3) is 0.867. The second-order valence-electron chi connectivity index (χ2n) is 6.42. The van der Waals surface area contributed by atoms with Gasteiger partial charge in [-0.2, -0.15) is 0 Å². The first-order chi connectivity index (χ1) is 9.97. The van der Waals surface area contributed by atoms with Crippen LogP contribution in [-0.4, -0.2) is 53.8 Å². The number of carbonyl (C=O) groups is 2. The maximum absolute atomic E-state index is 12.1. The minimum absolute atomic E-state index is 0.0559. The largest absolute Gasteiger partial charge is 0.479 e. The lowest BCUT2D eigenvalue weighted by Gasteiger charge is -2.34. The Balaban J connectivity index is 1.68. The van der Waals surface area contributed by atoms with Crippen LogP contribution in [0, 0.1) is 11.8 Å². The van der Waals surface area contributed by atoms with Crippen molar-refractivity contribution in [2.45, 2.75) is 51.7 Å². The number of carboxylic acids is 1. The van der Waals surface area contributed by atoms with Gasteiger partial charge >= 0.3 is 12.0 Å². The molecule has 2 atom stereocenters. The van der Waals surface area contributed by atoms with E-state index in [2.05, 4.69) is 19.2 Å². The van der Waals surface area contributed by atoms with Gasteiger partial charge in [0.25, 0.3) is 0 Å². The Morgan fingerprint density at radius 1 is 1.24 bits per heavy atom. The summed E-state index contributed by atoms with van der Waals surface area (Å²) in [7, 11) is 0. The minimum atomic E-state index is -0.917. The molecule has 0 saturated carbocycles. The molecule has 0 spiro atoms. The second kappa shape index (κ2) is 7.11. The first-order valence-corrected chi connectivity index (χ1v) is 7.88. The fourth-order valence-electron chi connectivity index (χ4n) is 3.12. The van der Waals surface area contributed by atoms with Gasteiger partial charge in [0.1, 0.15) is 0 Å². The third-order valence-corrected chi connectivity index (χ3v) is 4.63. The van der Waals surface area contributed by atoms with E-state index in [1.807, 2.05) is 4.90 Å². The molecule has 2 heterocycles. The number of amides is 2. The smallest absolute Gasteiger partial charge is 0.332 e. The number of nitrogens with zero attached hydrogens (tertiary/aromatic N) is 1. The molecule has 2 aliphatic heterocycles. The summed E-state index contributed by atoms with van der Waals surface area (Å²) in [6.07, 6.45) is 2.44. The van der Waals surface area contributed by atoms with Crippen molar-refractivity contribution in [3.05, 3.63) is 0 Å². The molecule has 6 heteroatoms. The molecule has 2 rings (SSSR count). The van der Waals surface area contributed by atoms with Crippen LogP contribution in [0.15, 0.2) is 0 Å². The number of likely N-dealkylation sites (tertiary alicyclic amines) is 1. The molecule has 2 saturated heterocycles. The van der Waals surface area contributed by atoms with E-state index < -0.39 is 12.1 Å². The van der Waals surface area contributed by atoms with Crippen LogP contribution in [0.5, 0.6) is 0 Å². The Kier molecular flexibility index (Phi) is 5.45. The maximum atomic E-state index is 12.1. The summed E-state index contributed by atoms with van der Waals surface area (Å²) in [5.74, 6) is 0.471. The molecule has 0 aromatic rings. The van der Waals surface area contributed by atoms with E-state index in [-0.39, 0.29) is 12.1 Å². The van der Waals surface area contributed by atoms with Crippen LogP contribution in [-0.2, 0) is 9.53 Å². The zero-order chi connectivity index (χ0) is 15.4. The highest BCUT2D eigenvalue weighted by atomic mass is 16.5. The third kappa shape index (κ3) is 4.33. The van der Waals surface area contributed by atoms with E-state index in [1.165, 1.54) is 0 Å². The van der Waals surface area contributed by atoms with Crippen molar-refractivity contribution in [2.75, 3.05) is 19.6 Å². The first kappa shape index (κ1) is 16.1. The van der Waals surface area contributed by atoms with E-state index in [1.54, 1.807) is 0 Å². The predicted molar refractivity (Wildman–Crippen MR) is 78.1 cm³/mol. The van der Waals surface area contributed by atoms with Crippen LogP contribution < -0.4 is 5.32 Å². The topological polar surface area (TPSA) is 78.9 Å². The van der Waals surface area contributed by atoms with Crippen molar-refractivity contribution in [2.24, 2.45) is 11.8 Å². The summed E-state index contributed by atoms with van der Waals surface area (Å²) in [6.45, 7) is 6.47. The molecule has 2 N–H and O–H groups in total. The lowest BCUT2D eigenvalue weighted by molar-refractivity contribution is -0.149. The molecule has 120 valence electrons. The average molecular weight is 298 g/mol. The number of rotatable bonds is 4. The monoisotopic (exact) mass is 298 g/mol. The Hall–Kier alpha value is -1.30. The molecule has 2 fully saturated rings. The van der Waals surface area contributed by atoms with Crippen molar-refractivity contribution in [3.8, 4) is 0 Å². The van der Waals surface area contributed by atoms with Crippen molar-refractivity contribution in [1.29, 1.82) is 0 Å². The van der Waals surface area contributed by atoms with Gasteiger partial charge in [-0.25, -0.2) is 9.59 Å². The highest BCUT2D eigenvalue weighted by molar-refractivity contribution is 5.74. The predicted octanol–water partition coefficient (Wildman–Crippen LogP) is 1.70. The van der Waals surface area contributed by atoms with Crippen LogP contribution in [0.3, 0.4) is 0 Å². The molecule has 0 aromatic heterocycles. The fourth-order valence-corrected chi connectivity index (χ4v) is 3.12. The lowest BCUT2D eigenvalue weighted by atomic mass is 9.87. The molecule has 0 radical (unpaired) electrons. The van der Waals surface area contributed by atoms with E-state index >= 15 is 0 Å². The van der Waals surface area contributed by atoms with E-state index in [4.69, 9.17) is 9.84 Å². The first-order valence-electron chi connectivity index (χ1n) is 7.88. The third-order valence-electron chi connectivity index (χ3n) is 4.63. The number of piperidine rings is 1. The average Bonchev–Trinajstić information content (AvgIpc) is 2.94. The van der Waals surface area contributed by atoms with Gasteiger partial charge in [-0.3, -0.25) is 0 Å². The van der Waals surface area contributed by atoms with Crippen LogP contribution >= 0.6 is 0 Å². The Morgan fingerprint density at radius 2 is 1.90 bits per heavy atom. The summed E-state index contributed by atoms with van der Waals surface area (Å²) < 4.78 is 5.38. The quantitative estimate of drug-likeness (QED) is 0.828. The number of hydrogen-bond acceptors (Lipinski definition) is 3. The molecule has 6 nitrogen and oxygen atoms in total. The summed E-state index contributed by atoms with van der Waals surface area (Å²) in [6, 6.07) is -0.0559. The lowest BCUT2D eigenvalue weighted by Crippen LogP contribution is -2.46. The second-order valence-corrected chi connectivity index (χ2v) is 6.42. The standard InChI is InChI=1S/C15H26N2O4/c1-10(2)11-5-7-17(8-6-11)15(20)16-9-12-3-4-13(21-12)14(18)19/h10-13H,3-9H2,1-2H3,(H,16,20)(H,18,19). The highest BCUT2D eigenvalue weighted by Gasteiger charge is 2.31. The number of hydrogen-bond donors (Lipinski definition) is 2. The molecular formula is C15H26N2O4. The van der Waals surface area contributed by atoms with Crippen LogP contribution in [0.1, 0.15) is 39.5 Å². The van der Waals surface area contributed by atoms with Gasteiger partial charge in [0.05, 0.1) is 6.10 Å².